The third-order valence-electron chi connectivity index (χ3n) is 4.87. The first-order valence-electron chi connectivity index (χ1n) is 10.7. The monoisotopic (exact) mass is 464 g/mol. The molecule has 0 spiro atoms. The molecule has 0 saturated carbocycles. The fraction of sp³-hybridized carbons (Fsp3) is 0.231. The van der Waals surface area contributed by atoms with Gasteiger partial charge in [-0.05, 0) is 56.3 Å². The van der Waals surface area contributed by atoms with Crippen molar-refractivity contribution in [2.75, 3.05) is 20.8 Å². The van der Waals surface area contributed by atoms with E-state index in [1.54, 1.807) is 24.3 Å². The molecule has 2 amide bonds. The van der Waals surface area contributed by atoms with E-state index in [0.717, 1.165) is 5.56 Å². The first-order valence-corrected chi connectivity index (χ1v) is 10.7. The Morgan fingerprint density at radius 2 is 1.76 bits per heavy atom. The van der Waals surface area contributed by atoms with E-state index in [4.69, 9.17) is 18.6 Å². The quantitative estimate of drug-likeness (QED) is 0.441. The van der Waals surface area contributed by atoms with Gasteiger partial charge in [0, 0.05) is 11.6 Å². The zero-order valence-electron chi connectivity index (χ0n) is 19.6. The fourth-order valence-electron chi connectivity index (χ4n) is 3.04. The second-order valence-corrected chi connectivity index (χ2v) is 7.60. The number of aryl methyl sites for hydroxylation is 1. The van der Waals surface area contributed by atoms with Gasteiger partial charge in [-0.15, -0.1) is 0 Å². The van der Waals surface area contributed by atoms with Crippen LogP contribution in [0.1, 0.15) is 28.6 Å². The number of ether oxygens (including phenoxy) is 3. The number of carbonyl (C=O) groups excluding carboxylic acids is 2. The van der Waals surface area contributed by atoms with Gasteiger partial charge in [0.05, 0.1) is 26.5 Å². The Kier molecular flexibility index (Phi) is 8.34. The predicted octanol–water partition coefficient (Wildman–Crippen LogP) is 3.96. The Balaban J connectivity index is 1.71. The van der Waals surface area contributed by atoms with E-state index >= 15 is 0 Å². The minimum absolute atomic E-state index is 0.0249. The van der Waals surface area contributed by atoms with Crippen LogP contribution in [0.2, 0.25) is 0 Å². The lowest BCUT2D eigenvalue weighted by Crippen LogP contribution is -2.41. The van der Waals surface area contributed by atoms with E-state index < -0.39 is 11.8 Å². The first-order chi connectivity index (χ1) is 16.4. The van der Waals surface area contributed by atoms with E-state index in [0.29, 0.717) is 28.6 Å². The number of nitrogens with one attached hydrogen (secondary N) is 2. The maximum Gasteiger partial charge on any atom is 0.268 e. The van der Waals surface area contributed by atoms with Crippen molar-refractivity contribution >= 4 is 17.9 Å². The lowest BCUT2D eigenvalue weighted by atomic mass is 10.1. The molecule has 0 aliphatic rings. The summed E-state index contributed by atoms with van der Waals surface area (Å²) in [6, 6.07) is 15.4. The van der Waals surface area contributed by atoms with Crippen LogP contribution in [0.25, 0.3) is 6.08 Å². The third-order valence-corrected chi connectivity index (χ3v) is 4.87. The van der Waals surface area contributed by atoms with Crippen LogP contribution in [-0.4, -0.2) is 38.7 Å². The number of rotatable bonds is 10. The van der Waals surface area contributed by atoms with Crippen molar-refractivity contribution in [2.24, 2.45) is 0 Å². The van der Waals surface area contributed by atoms with Crippen LogP contribution in [0.3, 0.4) is 0 Å². The summed E-state index contributed by atoms with van der Waals surface area (Å²) in [5.41, 5.74) is 1.45. The molecule has 8 heteroatoms. The van der Waals surface area contributed by atoms with Crippen molar-refractivity contribution in [3.05, 3.63) is 83.4 Å². The zero-order valence-corrected chi connectivity index (χ0v) is 19.6. The standard InChI is InChI=1S/C26H28N2O6/c1-17-7-10-20(11-8-17)34-16-18(2)27-26(30)22(15-21-6-5-13-33-21)28-25(29)19-9-12-23(31-3)24(14-19)32-4/h5-15,18H,16H2,1-4H3,(H,27,30)(H,28,29)/b22-15-/t18-/m1/s1. The Bertz CT molecular complexity index is 1140. The summed E-state index contributed by atoms with van der Waals surface area (Å²) in [5, 5.41) is 5.50. The van der Waals surface area contributed by atoms with Gasteiger partial charge in [-0.3, -0.25) is 9.59 Å². The second-order valence-electron chi connectivity index (χ2n) is 7.60. The minimum Gasteiger partial charge on any atom is -0.493 e. The number of furan rings is 1. The summed E-state index contributed by atoms with van der Waals surface area (Å²) in [4.78, 5) is 25.9. The van der Waals surface area contributed by atoms with E-state index in [1.165, 1.54) is 32.6 Å². The van der Waals surface area contributed by atoms with Crippen molar-refractivity contribution in [3.63, 3.8) is 0 Å². The highest BCUT2D eigenvalue weighted by molar-refractivity contribution is 6.05. The molecule has 0 fully saturated rings. The number of amides is 2. The molecule has 0 aliphatic carbocycles. The van der Waals surface area contributed by atoms with Crippen LogP contribution in [0.5, 0.6) is 17.2 Å². The highest BCUT2D eigenvalue weighted by Crippen LogP contribution is 2.27. The van der Waals surface area contributed by atoms with Crippen molar-refractivity contribution < 1.29 is 28.2 Å². The average Bonchev–Trinajstić information content (AvgIpc) is 3.36. The molecule has 0 aliphatic heterocycles. The van der Waals surface area contributed by atoms with Gasteiger partial charge in [-0.25, -0.2) is 0 Å². The molecule has 34 heavy (non-hydrogen) atoms. The predicted molar refractivity (Wildman–Crippen MR) is 128 cm³/mol. The summed E-state index contributed by atoms with van der Waals surface area (Å²) in [6.07, 6.45) is 2.94. The summed E-state index contributed by atoms with van der Waals surface area (Å²) >= 11 is 0. The Morgan fingerprint density at radius 3 is 2.41 bits per heavy atom. The van der Waals surface area contributed by atoms with Crippen LogP contribution in [0, 0.1) is 6.92 Å². The fourth-order valence-corrected chi connectivity index (χ4v) is 3.04. The number of benzene rings is 2. The van der Waals surface area contributed by atoms with Crippen molar-refractivity contribution in [2.45, 2.75) is 19.9 Å². The maximum absolute atomic E-state index is 13.0. The largest absolute Gasteiger partial charge is 0.493 e. The molecule has 178 valence electrons. The van der Waals surface area contributed by atoms with E-state index in [-0.39, 0.29) is 18.3 Å². The van der Waals surface area contributed by atoms with E-state index in [1.807, 2.05) is 38.1 Å². The van der Waals surface area contributed by atoms with E-state index in [2.05, 4.69) is 10.6 Å². The lowest BCUT2D eigenvalue weighted by Gasteiger charge is -2.17. The van der Waals surface area contributed by atoms with E-state index in [9.17, 15) is 9.59 Å². The zero-order chi connectivity index (χ0) is 24.5. The summed E-state index contributed by atoms with van der Waals surface area (Å²) in [5.74, 6) is 1.05. The summed E-state index contributed by atoms with van der Waals surface area (Å²) in [7, 11) is 2.99. The molecule has 0 unspecified atom stereocenters. The molecule has 1 heterocycles. The van der Waals surface area contributed by atoms with Gasteiger partial charge in [-0.2, -0.15) is 0 Å². The molecule has 1 atom stereocenters. The molecule has 1 aromatic heterocycles. The Hall–Kier alpha value is -4.20. The minimum atomic E-state index is -0.488. The van der Waals surface area contributed by atoms with Crippen molar-refractivity contribution in [1.82, 2.24) is 10.6 Å². The van der Waals surface area contributed by atoms with Crippen LogP contribution in [0.4, 0.5) is 0 Å². The number of hydrogen-bond acceptors (Lipinski definition) is 6. The van der Waals surface area contributed by atoms with Gasteiger partial charge in [0.2, 0.25) is 0 Å². The number of methoxy groups -OCH3 is 2. The maximum atomic E-state index is 13.0. The topological polar surface area (TPSA) is 99.0 Å². The molecule has 8 nitrogen and oxygen atoms in total. The number of carbonyl (C=O) groups is 2. The molecular formula is C26H28N2O6. The molecule has 3 aromatic rings. The van der Waals surface area contributed by atoms with Gasteiger partial charge in [0.1, 0.15) is 23.8 Å². The Labute approximate surface area is 198 Å². The van der Waals surface area contributed by atoms with Gasteiger partial charge >= 0.3 is 0 Å². The van der Waals surface area contributed by atoms with Gasteiger partial charge in [-0.1, -0.05) is 17.7 Å². The van der Waals surface area contributed by atoms with Crippen LogP contribution in [-0.2, 0) is 4.79 Å². The van der Waals surface area contributed by atoms with Crippen molar-refractivity contribution in [1.29, 1.82) is 0 Å². The van der Waals surface area contributed by atoms with Gasteiger partial charge in [0.25, 0.3) is 11.8 Å². The normalized spacial score (nSPS) is 11.9. The molecule has 2 N–H and O–H groups in total. The lowest BCUT2D eigenvalue weighted by molar-refractivity contribution is -0.118. The highest BCUT2D eigenvalue weighted by atomic mass is 16.5. The van der Waals surface area contributed by atoms with Gasteiger partial charge in [0.15, 0.2) is 11.5 Å². The SMILES string of the molecule is COc1ccc(C(=O)N/C(=C\c2ccco2)C(=O)N[C@H](C)COc2ccc(C)cc2)cc1OC. The van der Waals surface area contributed by atoms with Crippen LogP contribution < -0.4 is 24.8 Å². The Morgan fingerprint density at radius 1 is 1.03 bits per heavy atom. The molecule has 0 saturated heterocycles. The summed E-state index contributed by atoms with van der Waals surface area (Å²) in [6.45, 7) is 4.06. The summed E-state index contributed by atoms with van der Waals surface area (Å²) < 4.78 is 21.5. The second kappa shape index (κ2) is 11.6. The van der Waals surface area contributed by atoms with Crippen molar-refractivity contribution in [3.8, 4) is 17.2 Å². The van der Waals surface area contributed by atoms with Crippen LogP contribution >= 0.6 is 0 Å². The molecule has 3 rings (SSSR count). The van der Waals surface area contributed by atoms with Crippen LogP contribution in [0.15, 0.2) is 71.0 Å². The third kappa shape index (κ3) is 6.65. The molecular weight excluding hydrogens is 436 g/mol. The smallest absolute Gasteiger partial charge is 0.268 e. The van der Waals surface area contributed by atoms with Gasteiger partial charge < -0.3 is 29.3 Å². The molecule has 0 bridgehead atoms. The highest BCUT2D eigenvalue weighted by Gasteiger charge is 2.19. The number of hydrogen-bond donors (Lipinski definition) is 2. The first kappa shape index (κ1) is 24.4. The molecule has 0 radical (unpaired) electrons. The average molecular weight is 465 g/mol. The molecule has 2 aromatic carbocycles.